The van der Waals surface area contributed by atoms with E-state index in [0.717, 1.165) is 11.3 Å². The summed E-state index contributed by atoms with van der Waals surface area (Å²) in [5.74, 6) is 0. The second kappa shape index (κ2) is 4.35. The molecule has 1 heterocycles. The number of rotatable bonds is 4. The van der Waals surface area contributed by atoms with Crippen molar-refractivity contribution in [1.82, 2.24) is 9.71 Å². The fraction of sp³-hybridized carbons (Fsp3) is 0.571. The van der Waals surface area contributed by atoms with E-state index in [1.807, 2.05) is 0 Å². The van der Waals surface area contributed by atoms with Gasteiger partial charge in [0.05, 0.1) is 17.3 Å². The minimum Gasteiger partial charge on any atom is -0.392 e. The molecule has 0 saturated carbocycles. The van der Waals surface area contributed by atoms with E-state index >= 15 is 0 Å². The monoisotopic (exact) mass is 236 g/mol. The SMILES string of the molecule is Cc1ncc(S(=O)(=O)NC[C@H](C)O)s1. The van der Waals surface area contributed by atoms with Crippen LogP contribution in [0, 0.1) is 6.92 Å². The number of aliphatic hydroxyl groups excluding tert-OH is 1. The Labute approximate surface area is 86.9 Å². The number of sulfonamides is 1. The highest BCUT2D eigenvalue weighted by molar-refractivity contribution is 7.91. The van der Waals surface area contributed by atoms with Crippen molar-refractivity contribution in [3.8, 4) is 0 Å². The van der Waals surface area contributed by atoms with Crippen molar-refractivity contribution in [2.45, 2.75) is 24.2 Å². The summed E-state index contributed by atoms with van der Waals surface area (Å²) in [6.45, 7) is 3.26. The first-order valence-corrected chi connectivity index (χ1v) is 6.32. The Morgan fingerprint density at radius 2 is 2.36 bits per heavy atom. The molecule has 80 valence electrons. The van der Waals surface area contributed by atoms with E-state index in [9.17, 15) is 8.42 Å². The second-order valence-corrected chi connectivity index (χ2v) is 6.13. The first kappa shape index (κ1) is 11.6. The number of aromatic nitrogens is 1. The van der Waals surface area contributed by atoms with Gasteiger partial charge in [0.1, 0.15) is 0 Å². The number of nitrogens with zero attached hydrogens (tertiary/aromatic N) is 1. The molecule has 0 aromatic carbocycles. The quantitative estimate of drug-likeness (QED) is 0.777. The Morgan fingerprint density at radius 3 is 2.79 bits per heavy atom. The zero-order valence-electron chi connectivity index (χ0n) is 7.89. The number of aryl methyl sites for hydroxylation is 1. The fourth-order valence-corrected chi connectivity index (χ4v) is 3.04. The predicted molar refractivity (Wildman–Crippen MR) is 53.7 cm³/mol. The molecule has 0 amide bonds. The number of nitrogens with one attached hydrogen (secondary N) is 1. The van der Waals surface area contributed by atoms with Gasteiger partial charge < -0.3 is 5.11 Å². The van der Waals surface area contributed by atoms with Gasteiger partial charge in [-0.1, -0.05) is 0 Å². The van der Waals surface area contributed by atoms with Gasteiger partial charge in [0, 0.05) is 6.54 Å². The minimum atomic E-state index is -3.49. The van der Waals surface area contributed by atoms with Crippen LogP contribution in [0.25, 0.3) is 0 Å². The molecule has 7 heteroatoms. The van der Waals surface area contributed by atoms with Gasteiger partial charge in [-0.15, -0.1) is 11.3 Å². The molecule has 1 atom stereocenters. The molecule has 0 unspecified atom stereocenters. The lowest BCUT2D eigenvalue weighted by Crippen LogP contribution is -2.30. The maximum absolute atomic E-state index is 11.5. The summed E-state index contributed by atoms with van der Waals surface area (Å²) < 4.78 is 25.5. The first-order valence-electron chi connectivity index (χ1n) is 4.02. The van der Waals surface area contributed by atoms with Gasteiger partial charge in [0.2, 0.25) is 0 Å². The smallest absolute Gasteiger partial charge is 0.251 e. The highest BCUT2D eigenvalue weighted by atomic mass is 32.2. The molecule has 0 radical (unpaired) electrons. The molecule has 0 aliphatic heterocycles. The van der Waals surface area contributed by atoms with Crippen molar-refractivity contribution < 1.29 is 13.5 Å². The fourth-order valence-electron chi connectivity index (χ4n) is 0.768. The Bertz CT molecular complexity index is 397. The Balaban J connectivity index is 2.76. The lowest BCUT2D eigenvalue weighted by atomic mass is 10.4. The van der Waals surface area contributed by atoms with Crippen LogP contribution >= 0.6 is 11.3 Å². The van der Waals surface area contributed by atoms with Crippen molar-refractivity contribution in [3.05, 3.63) is 11.2 Å². The van der Waals surface area contributed by atoms with E-state index in [4.69, 9.17) is 5.11 Å². The lowest BCUT2D eigenvalue weighted by molar-refractivity contribution is 0.198. The summed E-state index contributed by atoms with van der Waals surface area (Å²) in [6, 6.07) is 0. The van der Waals surface area contributed by atoms with Crippen LogP contribution in [0.4, 0.5) is 0 Å². The molecular weight excluding hydrogens is 224 g/mol. The number of hydrogen-bond donors (Lipinski definition) is 2. The third-order valence-corrected chi connectivity index (χ3v) is 4.23. The van der Waals surface area contributed by atoms with E-state index in [1.165, 1.54) is 13.1 Å². The molecule has 2 N–H and O–H groups in total. The molecule has 0 spiro atoms. The Morgan fingerprint density at radius 1 is 1.71 bits per heavy atom. The van der Waals surface area contributed by atoms with Gasteiger partial charge in [-0.05, 0) is 13.8 Å². The third-order valence-electron chi connectivity index (χ3n) is 1.43. The van der Waals surface area contributed by atoms with Crippen LogP contribution in [0.1, 0.15) is 11.9 Å². The summed E-state index contributed by atoms with van der Waals surface area (Å²) in [6.07, 6.45) is 0.614. The molecular formula is C7H12N2O3S2. The summed E-state index contributed by atoms with van der Waals surface area (Å²) in [5, 5.41) is 9.63. The average Bonchev–Trinajstić information content (AvgIpc) is 2.49. The zero-order chi connectivity index (χ0) is 10.8. The normalized spacial score (nSPS) is 14.2. The number of hydrogen-bond acceptors (Lipinski definition) is 5. The highest BCUT2D eigenvalue weighted by Gasteiger charge is 2.16. The van der Waals surface area contributed by atoms with Gasteiger partial charge in [0.15, 0.2) is 4.21 Å². The van der Waals surface area contributed by atoms with Crippen molar-refractivity contribution in [2.24, 2.45) is 0 Å². The Hall–Kier alpha value is -0.500. The number of thiazole rings is 1. The van der Waals surface area contributed by atoms with E-state index in [1.54, 1.807) is 6.92 Å². The van der Waals surface area contributed by atoms with Crippen LogP contribution in [0.3, 0.4) is 0 Å². The minimum absolute atomic E-state index is 0.0132. The van der Waals surface area contributed by atoms with E-state index in [2.05, 4.69) is 9.71 Å². The van der Waals surface area contributed by atoms with E-state index in [0.29, 0.717) is 5.01 Å². The topological polar surface area (TPSA) is 79.3 Å². The van der Waals surface area contributed by atoms with E-state index < -0.39 is 16.1 Å². The maximum atomic E-state index is 11.5. The van der Waals surface area contributed by atoms with E-state index in [-0.39, 0.29) is 10.8 Å². The summed E-state index contributed by atoms with van der Waals surface area (Å²) in [4.78, 5) is 3.85. The van der Waals surface area contributed by atoms with Crippen molar-refractivity contribution >= 4 is 21.4 Å². The molecule has 0 fully saturated rings. The molecule has 14 heavy (non-hydrogen) atoms. The third kappa shape index (κ3) is 3.02. The van der Waals surface area contributed by atoms with Crippen LogP contribution in [0.15, 0.2) is 10.4 Å². The van der Waals surface area contributed by atoms with Crippen molar-refractivity contribution in [1.29, 1.82) is 0 Å². The van der Waals surface area contributed by atoms with Crippen LogP contribution in [0.2, 0.25) is 0 Å². The standard InChI is InChI=1S/C7H12N2O3S2/c1-5(10)3-9-14(11,12)7-4-8-6(2)13-7/h4-5,9-10H,3H2,1-2H3/t5-/m0/s1. The largest absolute Gasteiger partial charge is 0.392 e. The van der Waals surface area contributed by atoms with Gasteiger partial charge in [-0.3, -0.25) is 0 Å². The summed E-state index contributed by atoms with van der Waals surface area (Å²) in [7, 11) is -3.49. The molecule has 5 nitrogen and oxygen atoms in total. The summed E-state index contributed by atoms with van der Waals surface area (Å²) >= 11 is 1.10. The lowest BCUT2D eigenvalue weighted by Gasteiger charge is -2.05. The molecule has 0 saturated heterocycles. The number of aliphatic hydroxyl groups is 1. The molecule has 0 bridgehead atoms. The van der Waals surface area contributed by atoms with Crippen LogP contribution in [-0.4, -0.2) is 31.2 Å². The van der Waals surface area contributed by atoms with Crippen LogP contribution in [-0.2, 0) is 10.0 Å². The zero-order valence-corrected chi connectivity index (χ0v) is 9.52. The highest BCUT2D eigenvalue weighted by Crippen LogP contribution is 2.17. The van der Waals surface area contributed by atoms with Gasteiger partial charge in [-0.2, -0.15) is 0 Å². The summed E-state index contributed by atoms with van der Waals surface area (Å²) in [5.41, 5.74) is 0. The van der Waals surface area contributed by atoms with Gasteiger partial charge in [-0.25, -0.2) is 18.1 Å². The molecule has 0 aliphatic rings. The van der Waals surface area contributed by atoms with Crippen LogP contribution < -0.4 is 4.72 Å². The van der Waals surface area contributed by atoms with Crippen molar-refractivity contribution in [3.63, 3.8) is 0 Å². The van der Waals surface area contributed by atoms with Crippen LogP contribution in [0.5, 0.6) is 0 Å². The second-order valence-electron chi connectivity index (χ2n) is 2.90. The maximum Gasteiger partial charge on any atom is 0.251 e. The molecule has 0 aliphatic carbocycles. The average molecular weight is 236 g/mol. The first-order chi connectivity index (χ1) is 6.42. The van der Waals surface area contributed by atoms with Crippen molar-refractivity contribution in [2.75, 3.05) is 6.54 Å². The van der Waals surface area contributed by atoms with Gasteiger partial charge >= 0.3 is 0 Å². The van der Waals surface area contributed by atoms with Gasteiger partial charge in [0.25, 0.3) is 10.0 Å². The predicted octanol–water partition coefficient (Wildman–Crippen LogP) is 0.111. The molecule has 1 aromatic rings. The molecule has 1 rings (SSSR count). The molecule has 1 aromatic heterocycles. The Kier molecular flexibility index (Phi) is 3.59.